The van der Waals surface area contributed by atoms with Gasteiger partial charge in [-0.1, -0.05) is 60.7 Å². The summed E-state index contributed by atoms with van der Waals surface area (Å²) >= 11 is 0. The van der Waals surface area contributed by atoms with E-state index in [1.54, 1.807) is 24.3 Å². The molecule has 0 aliphatic carbocycles. The average Bonchev–Trinajstić information content (AvgIpc) is 2.95. The maximum Gasteiger partial charge on any atom is 0.416 e. The number of carboxylic acids is 1. The lowest BCUT2D eigenvalue weighted by atomic mass is 10.1. The van der Waals surface area contributed by atoms with E-state index in [1.807, 2.05) is 30.3 Å². The number of ether oxygens (including phenoxy) is 2. The van der Waals surface area contributed by atoms with Gasteiger partial charge < -0.3 is 19.9 Å². The number of carbonyl (C=O) groups is 2. The fourth-order valence-electron chi connectivity index (χ4n) is 3.93. The summed E-state index contributed by atoms with van der Waals surface area (Å²) in [6, 6.07) is 26.3. The van der Waals surface area contributed by atoms with Gasteiger partial charge in [0, 0.05) is 17.5 Å². The third kappa shape index (κ3) is 7.86. The monoisotopic (exact) mass is 549 g/mol. The zero-order valence-corrected chi connectivity index (χ0v) is 21.2. The van der Waals surface area contributed by atoms with Crippen LogP contribution >= 0.6 is 0 Å². The van der Waals surface area contributed by atoms with Crippen molar-refractivity contribution in [1.82, 2.24) is 5.32 Å². The summed E-state index contributed by atoms with van der Waals surface area (Å²) in [5.41, 5.74) is 1.10. The molecule has 0 saturated carbocycles. The first-order valence-corrected chi connectivity index (χ1v) is 12.4. The number of carbonyl (C=O) groups excluding carboxylic acids is 1. The number of aliphatic carboxylic acids is 1. The summed E-state index contributed by atoms with van der Waals surface area (Å²) < 4.78 is 50.7. The van der Waals surface area contributed by atoms with Gasteiger partial charge in [0.1, 0.15) is 30.8 Å². The summed E-state index contributed by atoms with van der Waals surface area (Å²) in [4.78, 5) is 24.5. The fraction of sp³-hybridized carbons (Fsp3) is 0.161. The minimum Gasteiger partial charge on any atom is -0.489 e. The van der Waals surface area contributed by atoms with E-state index in [0.29, 0.717) is 17.9 Å². The molecule has 0 radical (unpaired) electrons. The van der Waals surface area contributed by atoms with Gasteiger partial charge in [-0.2, -0.15) is 13.2 Å². The SMILES string of the molecule is O=C(NC(Cc1ccc(OCc2ccccc2)cc1)C(=O)O)c1ccc(OCc2ccccc2C(F)(F)F)cc1. The van der Waals surface area contributed by atoms with E-state index in [1.165, 1.54) is 42.5 Å². The Morgan fingerprint density at radius 1 is 0.725 bits per heavy atom. The Balaban J connectivity index is 1.32. The Morgan fingerprint density at radius 2 is 1.30 bits per heavy atom. The number of amides is 1. The molecule has 4 aromatic carbocycles. The van der Waals surface area contributed by atoms with Gasteiger partial charge in [-0.25, -0.2) is 4.79 Å². The van der Waals surface area contributed by atoms with E-state index in [-0.39, 0.29) is 29.9 Å². The number of hydrogen-bond donors (Lipinski definition) is 2. The van der Waals surface area contributed by atoms with Crippen molar-refractivity contribution in [2.24, 2.45) is 0 Å². The molecule has 40 heavy (non-hydrogen) atoms. The van der Waals surface area contributed by atoms with Crippen LogP contribution in [-0.4, -0.2) is 23.0 Å². The largest absolute Gasteiger partial charge is 0.489 e. The molecule has 0 heterocycles. The van der Waals surface area contributed by atoms with Crippen LogP contribution in [0.2, 0.25) is 0 Å². The Kier molecular flexibility index (Phi) is 9.06. The van der Waals surface area contributed by atoms with Gasteiger partial charge in [-0.15, -0.1) is 0 Å². The average molecular weight is 550 g/mol. The molecule has 1 amide bonds. The number of nitrogens with one attached hydrogen (secondary N) is 1. The fourth-order valence-corrected chi connectivity index (χ4v) is 3.93. The maximum absolute atomic E-state index is 13.2. The zero-order chi connectivity index (χ0) is 28.5. The van der Waals surface area contributed by atoms with Gasteiger partial charge in [0.05, 0.1) is 5.56 Å². The van der Waals surface area contributed by atoms with Crippen LogP contribution in [0.3, 0.4) is 0 Å². The van der Waals surface area contributed by atoms with Crippen molar-refractivity contribution in [3.8, 4) is 11.5 Å². The molecule has 0 aliphatic rings. The Bertz CT molecular complexity index is 1420. The van der Waals surface area contributed by atoms with Crippen molar-refractivity contribution in [2.45, 2.75) is 31.9 Å². The van der Waals surface area contributed by atoms with E-state index in [9.17, 15) is 27.9 Å². The normalized spacial score (nSPS) is 11.9. The summed E-state index contributed by atoms with van der Waals surface area (Å²) in [7, 11) is 0. The number of hydrogen-bond acceptors (Lipinski definition) is 4. The van der Waals surface area contributed by atoms with Crippen molar-refractivity contribution in [2.75, 3.05) is 0 Å². The highest BCUT2D eigenvalue weighted by Crippen LogP contribution is 2.32. The van der Waals surface area contributed by atoms with Crippen molar-refractivity contribution in [3.05, 3.63) is 131 Å². The molecule has 0 aromatic heterocycles. The first-order valence-electron chi connectivity index (χ1n) is 12.4. The maximum atomic E-state index is 13.2. The molecule has 206 valence electrons. The molecule has 4 rings (SSSR count). The van der Waals surface area contributed by atoms with Crippen LogP contribution in [0.15, 0.2) is 103 Å². The summed E-state index contributed by atoms with van der Waals surface area (Å²) in [6.07, 6.45) is -4.44. The van der Waals surface area contributed by atoms with Gasteiger partial charge in [-0.3, -0.25) is 4.79 Å². The summed E-state index contributed by atoms with van der Waals surface area (Å²) in [6.45, 7) is 0.0943. The second kappa shape index (κ2) is 12.8. The van der Waals surface area contributed by atoms with Crippen LogP contribution in [0.1, 0.15) is 32.6 Å². The first kappa shape index (κ1) is 28.2. The van der Waals surface area contributed by atoms with Crippen LogP contribution in [0.5, 0.6) is 11.5 Å². The molecule has 0 fully saturated rings. The van der Waals surface area contributed by atoms with Crippen molar-refractivity contribution in [3.63, 3.8) is 0 Å². The van der Waals surface area contributed by atoms with E-state index < -0.39 is 29.7 Å². The molecule has 0 bridgehead atoms. The van der Waals surface area contributed by atoms with E-state index in [0.717, 1.165) is 11.6 Å². The second-order valence-corrected chi connectivity index (χ2v) is 8.95. The minimum atomic E-state index is -4.50. The van der Waals surface area contributed by atoms with Crippen LogP contribution in [0, 0.1) is 0 Å². The van der Waals surface area contributed by atoms with Gasteiger partial charge in [-0.05, 0) is 53.6 Å². The smallest absolute Gasteiger partial charge is 0.416 e. The molecule has 0 aliphatic heterocycles. The molecule has 0 saturated heterocycles. The summed E-state index contributed by atoms with van der Waals surface area (Å²) in [5.74, 6) is -0.907. The van der Waals surface area contributed by atoms with Crippen LogP contribution in [-0.2, 0) is 30.6 Å². The van der Waals surface area contributed by atoms with Crippen molar-refractivity contribution in [1.29, 1.82) is 0 Å². The number of rotatable bonds is 11. The van der Waals surface area contributed by atoms with Gasteiger partial charge in [0.25, 0.3) is 5.91 Å². The van der Waals surface area contributed by atoms with Crippen molar-refractivity contribution >= 4 is 11.9 Å². The lowest BCUT2D eigenvalue weighted by molar-refractivity contribution is -0.139. The molecule has 1 atom stereocenters. The highest BCUT2D eigenvalue weighted by molar-refractivity contribution is 5.96. The Morgan fingerprint density at radius 3 is 1.93 bits per heavy atom. The van der Waals surface area contributed by atoms with Gasteiger partial charge >= 0.3 is 12.1 Å². The number of benzene rings is 4. The standard InChI is InChI=1S/C31H26F3NO5/c32-31(33,34)27-9-5-4-8-24(27)20-40-26-16-12-23(13-17-26)29(36)35-28(30(37)38)18-21-10-14-25(15-11-21)39-19-22-6-2-1-3-7-22/h1-17,28H,18-20H2,(H,35,36)(H,37,38). The zero-order valence-electron chi connectivity index (χ0n) is 21.2. The molecule has 6 nitrogen and oxygen atoms in total. The summed E-state index contributed by atoms with van der Waals surface area (Å²) in [5, 5.41) is 12.2. The number of carboxylic acid groups (broad SMARTS) is 1. The number of alkyl halides is 3. The third-order valence-corrected chi connectivity index (χ3v) is 6.05. The topological polar surface area (TPSA) is 84.9 Å². The van der Waals surface area contributed by atoms with Gasteiger partial charge in [0.2, 0.25) is 0 Å². The molecule has 9 heteroatoms. The highest BCUT2D eigenvalue weighted by atomic mass is 19.4. The van der Waals surface area contributed by atoms with Crippen molar-refractivity contribution < 1.29 is 37.3 Å². The predicted molar refractivity (Wildman–Crippen MR) is 142 cm³/mol. The third-order valence-electron chi connectivity index (χ3n) is 6.05. The second-order valence-electron chi connectivity index (χ2n) is 8.95. The lowest BCUT2D eigenvalue weighted by Gasteiger charge is -2.16. The quantitative estimate of drug-likeness (QED) is 0.230. The Hall–Kier alpha value is -4.79. The van der Waals surface area contributed by atoms with E-state index >= 15 is 0 Å². The molecule has 4 aromatic rings. The van der Waals surface area contributed by atoms with Crippen LogP contribution in [0.25, 0.3) is 0 Å². The molecule has 0 spiro atoms. The predicted octanol–water partition coefficient (Wildman–Crippen LogP) is 6.29. The van der Waals surface area contributed by atoms with Gasteiger partial charge in [0.15, 0.2) is 0 Å². The molecule has 1 unspecified atom stereocenters. The lowest BCUT2D eigenvalue weighted by Crippen LogP contribution is -2.42. The minimum absolute atomic E-state index is 0.0168. The molecule has 2 N–H and O–H groups in total. The van der Waals surface area contributed by atoms with E-state index in [4.69, 9.17) is 9.47 Å². The molecular weight excluding hydrogens is 523 g/mol. The van der Waals surface area contributed by atoms with E-state index in [2.05, 4.69) is 5.32 Å². The van der Waals surface area contributed by atoms with Crippen LogP contribution in [0.4, 0.5) is 13.2 Å². The highest BCUT2D eigenvalue weighted by Gasteiger charge is 2.33. The number of halogens is 3. The molecular formula is C31H26F3NO5. The van der Waals surface area contributed by atoms with Crippen LogP contribution < -0.4 is 14.8 Å². The Labute approximate surface area is 229 Å². The first-order chi connectivity index (χ1) is 19.2.